The van der Waals surface area contributed by atoms with Gasteiger partial charge in [0.15, 0.2) is 0 Å². The van der Waals surface area contributed by atoms with Crippen molar-refractivity contribution in [3.05, 3.63) is 30.1 Å². The van der Waals surface area contributed by atoms with Crippen molar-refractivity contribution < 1.29 is 9.90 Å². The van der Waals surface area contributed by atoms with Gasteiger partial charge in [-0.05, 0) is 30.9 Å². The first kappa shape index (κ1) is 11.7. The highest BCUT2D eigenvalue weighted by Crippen LogP contribution is 2.07. The second-order valence-electron chi connectivity index (χ2n) is 3.67. The summed E-state index contributed by atoms with van der Waals surface area (Å²) in [6.07, 6.45) is 9.02. The average molecular weight is 207 g/mol. The van der Waals surface area contributed by atoms with Gasteiger partial charge in [0.25, 0.3) is 0 Å². The smallest absolute Gasteiger partial charge is 0.303 e. The van der Waals surface area contributed by atoms with Crippen LogP contribution in [0.25, 0.3) is 0 Å². The molecule has 1 aromatic heterocycles. The van der Waals surface area contributed by atoms with E-state index in [1.165, 1.54) is 5.56 Å². The number of aromatic nitrogens is 1. The molecule has 1 aromatic rings. The highest BCUT2D eigenvalue weighted by atomic mass is 16.4. The number of nitrogens with zero attached hydrogens (tertiary/aromatic N) is 1. The standard InChI is InChI=1S/C12H17NO2/c14-12(15)8-4-2-1-3-6-11-7-5-9-13-10-11/h5,7,9-10H,1-4,6,8H2,(H,14,15). The van der Waals surface area contributed by atoms with Gasteiger partial charge < -0.3 is 5.11 Å². The maximum atomic E-state index is 10.2. The second kappa shape index (κ2) is 6.98. The molecule has 3 heteroatoms. The van der Waals surface area contributed by atoms with E-state index in [1.54, 1.807) is 6.20 Å². The number of rotatable bonds is 7. The van der Waals surface area contributed by atoms with Crippen LogP contribution in [0.4, 0.5) is 0 Å². The third-order valence-electron chi connectivity index (χ3n) is 2.33. The minimum absolute atomic E-state index is 0.299. The van der Waals surface area contributed by atoms with E-state index in [0.717, 1.165) is 32.1 Å². The molecule has 1 rings (SSSR count). The van der Waals surface area contributed by atoms with Crippen LogP contribution in [0.2, 0.25) is 0 Å². The number of unbranched alkanes of at least 4 members (excludes halogenated alkanes) is 3. The van der Waals surface area contributed by atoms with Crippen LogP contribution in [-0.2, 0) is 11.2 Å². The van der Waals surface area contributed by atoms with Crippen LogP contribution in [0.5, 0.6) is 0 Å². The Balaban J connectivity index is 2.00. The molecule has 3 nitrogen and oxygen atoms in total. The molecule has 0 atom stereocenters. The molecule has 0 amide bonds. The number of hydrogen-bond acceptors (Lipinski definition) is 2. The van der Waals surface area contributed by atoms with E-state index >= 15 is 0 Å². The topological polar surface area (TPSA) is 50.2 Å². The number of hydrogen-bond donors (Lipinski definition) is 1. The fourth-order valence-electron chi connectivity index (χ4n) is 1.50. The van der Waals surface area contributed by atoms with Crippen molar-refractivity contribution in [2.45, 2.75) is 38.5 Å². The molecule has 0 saturated heterocycles. The molecule has 0 radical (unpaired) electrons. The van der Waals surface area contributed by atoms with Crippen LogP contribution in [0, 0.1) is 0 Å². The molecule has 0 saturated carbocycles. The van der Waals surface area contributed by atoms with Gasteiger partial charge in [-0.2, -0.15) is 0 Å². The number of aryl methyl sites for hydroxylation is 1. The lowest BCUT2D eigenvalue weighted by Crippen LogP contribution is -1.94. The predicted octanol–water partition coefficient (Wildman–Crippen LogP) is 2.66. The molecule has 1 N–H and O–H groups in total. The summed E-state index contributed by atoms with van der Waals surface area (Å²) in [6, 6.07) is 4.02. The van der Waals surface area contributed by atoms with Crippen LogP contribution in [0.15, 0.2) is 24.5 Å². The van der Waals surface area contributed by atoms with Crippen LogP contribution in [0.3, 0.4) is 0 Å². The van der Waals surface area contributed by atoms with E-state index < -0.39 is 5.97 Å². The third kappa shape index (κ3) is 5.83. The second-order valence-corrected chi connectivity index (χ2v) is 3.67. The van der Waals surface area contributed by atoms with Gasteiger partial charge in [-0.1, -0.05) is 18.9 Å². The zero-order chi connectivity index (χ0) is 10.9. The molecule has 0 bridgehead atoms. The van der Waals surface area contributed by atoms with Gasteiger partial charge in [-0.3, -0.25) is 9.78 Å². The molecule has 0 fully saturated rings. The lowest BCUT2D eigenvalue weighted by Gasteiger charge is -2.00. The summed E-state index contributed by atoms with van der Waals surface area (Å²) in [5.74, 6) is -0.692. The molecule has 0 aliphatic heterocycles. The number of carboxylic acids is 1. The average Bonchev–Trinajstić information content (AvgIpc) is 2.24. The fraction of sp³-hybridized carbons (Fsp3) is 0.500. The van der Waals surface area contributed by atoms with E-state index in [-0.39, 0.29) is 0 Å². The zero-order valence-electron chi connectivity index (χ0n) is 8.85. The number of pyridine rings is 1. The van der Waals surface area contributed by atoms with Crippen LogP contribution in [0.1, 0.15) is 37.7 Å². The summed E-state index contributed by atoms with van der Waals surface area (Å²) >= 11 is 0. The third-order valence-corrected chi connectivity index (χ3v) is 2.33. The van der Waals surface area contributed by atoms with Gasteiger partial charge in [-0.15, -0.1) is 0 Å². The first-order valence-corrected chi connectivity index (χ1v) is 5.40. The van der Waals surface area contributed by atoms with Crippen molar-refractivity contribution in [3.63, 3.8) is 0 Å². The Morgan fingerprint density at radius 1 is 1.27 bits per heavy atom. The predicted molar refractivity (Wildman–Crippen MR) is 58.7 cm³/mol. The summed E-state index contributed by atoms with van der Waals surface area (Å²) in [4.78, 5) is 14.3. The molecule has 82 valence electrons. The minimum Gasteiger partial charge on any atom is -0.481 e. The Kier molecular flexibility index (Phi) is 5.44. The number of carbonyl (C=O) groups is 1. The fourth-order valence-corrected chi connectivity index (χ4v) is 1.50. The minimum atomic E-state index is -0.692. The van der Waals surface area contributed by atoms with E-state index in [9.17, 15) is 4.79 Å². The van der Waals surface area contributed by atoms with Crippen LogP contribution >= 0.6 is 0 Å². The first-order chi connectivity index (χ1) is 7.29. The Morgan fingerprint density at radius 2 is 2.07 bits per heavy atom. The van der Waals surface area contributed by atoms with Crippen molar-refractivity contribution in [3.8, 4) is 0 Å². The number of aliphatic carboxylic acids is 1. The molecule has 0 aliphatic rings. The van der Waals surface area contributed by atoms with Gasteiger partial charge in [-0.25, -0.2) is 0 Å². The summed E-state index contributed by atoms with van der Waals surface area (Å²) in [5.41, 5.74) is 1.26. The maximum absolute atomic E-state index is 10.2. The first-order valence-electron chi connectivity index (χ1n) is 5.40. The van der Waals surface area contributed by atoms with E-state index in [2.05, 4.69) is 11.1 Å². The highest BCUT2D eigenvalue weighted by Gasteiger charge is 1.97. The van der Waals surface area contributed by atoms with Crippen LogP contribution in [-0.4, -0.2) is 16.1 Å². The largest absolute Gasteiger partial charge is 0.481 e. The molecule has 0 aliphatic carbocycles. The Bertz CT molecular complexity index is 285. The summed E-state index contributed by atoms with van der Waals surface area (Å²) in [5, 5.41) is 8.44. The van der Waals surface area contributed by atoms with E-state index in [4.69, 9.17) is 5.11 Å². The SMILES string of the molecule is O=C(O)CCCCCCc1cccnc1. The van der Waals surface area contributed by atoms with Crippen molar-refractivity contribution in [2.24, 2.45) is 0 Å². The Morgan fingerprint density at radius 3 is 2.73 bits per heavy atom. The normalized spacial score (nSPS) is 10.1. The Hall–Kier alpha value is -1.38. The summed E-state index contributed by atoms with van der Waals surface area (Å²) < 4.78 is 0. The molecule has 1 heterocycles. The van der Waals surface area contributed by atoms with Crippen molar-refractivity contribution in [1.29, 1.82) is 0 Å². The lowest BCUT2D eigenvalue weighted by molar-refractivity contribution is -0.137. The molecule has 0 spiro atoms. The van der Waals surface area contributed by atoms with Crippen molar-refractivity contribution in [1.82, 2.24) is 4.98 Å². The molecular weight excluding hydrogens is 190 g/mol. The monoisotopic (exact) mass is 207 g/mol. The molecule has 0 unspecified atom stereocenters. The molecule has 0 aromatic carbocycles. The van der Waals surface area contributed by atoms with Crippen molar-refractivity contribution in [2.75, 3.05) is 0 Å². The highest BCUT2D eigenvalue weighted by molar-refractivity contribution is 5.66. The van der Waals surface area contributed by atoms with Gasteiger partial charge in [0, 0.05) is 18.8 Å². The van der Waals surface area contributed by atoms with Gasteiger partial charge in [0.2, 0.25) is 0 Å². The summed E-state index contributed by atoms with van der Waals surface area (Å²) in [6.45, 7) is 0. The molecule has 15 heavy (non-hydrogen) atoms. The van der Waals surface area contributed by atoms with Gasteiger partial charge in [0.05, 0.1) is 0 Å². The van der Waals surface area contributed by atoms with Crippen molar-refractivity contribution >= 4 is 5.97 Å². The quantitative estimate of drug-likeness (QED) is 0.699. The van der Waals surface area contributed by atoms with Gasteiger partial charge in [0.1, 0.15) is 0 Å². The number of carboxylic acid groups (broad SMARTS) is 1. The lowest BCUT2D eigenvalue weighted by atomic mass is 10.1. The van der Waals surface area contributed by atoms with Gasteiger partial charge >= 0.3 is 5.97 Å². The van der Waals surface area contributed by atoms with E-state index in [0.29, 0.717) is 6.42 Å². The van der Waals surface area contributed by atoms with E-state index in [1.807, 2.05) is 12.3 Å². The van der Waals surface area contributed by atoms with Crippen LogP contribution < -0.4 is 0 Å². The maximum Gasteiger partial charge on any atom is 0.303 e. The Labute approximate surface area is 90.2 Å². The zero-order valence-corrected chi connectivity index (χ0v) is 8.85. The summed E-state index contributed by atoms with van der Waals surface area (Å²) in [7, 11) is 0. The molecular formula is C12H17NO2.